The number of hydrazone groups is 1. The van der Waals surface area contributed by atoms with E-state index in [0.717, 1.165) is 13.0 Å². The minimum atomic E-state index is 0.972. The van der Waals surface area contributed by atoms with Crippen LogP contribution in [0.15, 0.2) is 5.10 Å². The molecule has 1 N–H and O–H groups in total. The molecule has 1 aliphatic heterocycles. The Labute approximate surface area is 30.9 Å². The molecule has 1 rings (SSSR count). The highest BCUT2D eigenvalue weighted by Gasteiger charge is 1.84. The molecule has 0 aromatic carbocycles. The lowest BCUT2D eigenvalue weighted by Crippen LogP contribution is -1.96. The Hall–Kier alpha value is -0.530. The van der Waals surface area contributed by atoms with Crippen molar-refractivity contribution in [2.24, 2.45) is 5.10 Å². The summed E-state index contributed by atoms with van der Waals surface area (Å²) in [6.07, 6.45) is 3.71. The second kappa shape index (κ2) is 1.06. The zero-order chi connectivity index (χ0) is 3.54. The maximum absolute atomic E-state index is 3.58. The third kappa shape index (κ3) is 0.375. The summed E-state index contributed by atoms with van der Waals surface area (Å²) in [5.41, 5.74) is 2.74. The summed E-state index contributed by atoms with van der Waals surface area (Å²) in [5.74, 6) is 0. The van der Waals surface area contributed by atoms with Crippen molar-refractivity contribution in [1.82, 2.24) is 5.43 Å². The molecule has 0 fully saturated rings. The van der Waals surface area contributed by atoms with Crippen molar-refractivity contribution in [2.45, 2.75) is 6.42 Å². The summed E-state index contributed by atoms with van der Waals surface area (Å²) >= 11 is 0. The molecule has 1 heterocycles. The van der Waals surface area contributed by atoms with Gasteiger partial charge in [0.1, 0.15) is 0 Å². The van der Waals surface area contributed by atoms with Gasteiger partial charge < -0.3 is 5.43 Å². The molecule has 0 aromatic heterocycles. The van der Waals surface area contributed by atoms with Crippen molar-refractivity contribution in [3.63, 3.8) is 0 Å². The Morgan fingerprint density at radius 2 is 2.80 bits per heavy atom. The minimum absolute atomic E-state index is 0.972. The maximum Gasteiger partial charge on any atom is 0.0853 e. The van der Waals surface area contributed by atoms with Gasteiger partial charge in [0.25, 0.3) is 0 Å². The molecule has 0 bridgehead atoms. The summed E-state index contributed by atoms with van der Waals surface area (Å²) in [4.78, 5) is 0. The van der Waals surface area contributed by atoms with Gasteiger partial charge >= 0.3 is 0 Å². The van der Waals surface area contributed by atoms with E-state index in [9.17, 15) is 0 Å². The van der Waals surface area contributed by atoms with Crippen LogP contribution in [0.25, 0.3) is 0 Å². The third-order valence-electron chi connectivity index (χ3n) is 0.507. The molecule has 0 saturated carbocycles. The summed E-state index contributed by atoms with van der Waals surface area (Å²) in [7, 11) is 0. The van der Waals surface area contributed by atoms with E-state index in [2.05, 4.69) is 16.7 Å². The first-order valence-electron chi connectivity index (χ1n) is 1.65. The topological polar surface area (TPSA) is 24.4 Å². The second-order valence-corrected chi connectivity index (χ2v) is 0.928. The molecule has 0 amide bonds. The summed E-state index contributed by atoms with van der Waals surface area (Å²) in [6, 6.07) is 0. The van der Waals surface area contributed by atoms with Gasteiger partial charge in [0.15, 0.2) is 0 Å². The van der Waals surface area contributed by atoms with Crippen LogP contribution < -0.4 is 5.43 Å². The molecule has 0 spiro atoms. The van der Waals surface area contributed by atoms with Crippen LogP contribution in [-0.2, 0) is 0 Å². The molecule has 0 atom stereocenters. The SMILES string of the molecule is [C]1=NNCC1. The number of hydrogen-bond donors (Lipinski definition) is 1. The van der Waals surface area contributed by atoms with Crippen molar-refractivity contribution in [1.29, 1.82) is 0 Å². The Morgan fingerprint density at radius 3 is 3.00 bits per heavy atom. The molecule has 2 nitrogen and oxygen atoms in total. The normalized spacial score (nSPS) is 19.2. The highest BCUT2D eigenvalue weighted by Crippen LogP contribution is 1.75. The fourth-order valence-corrected chi connectivity index (χ4v) is 0.280. The highest BCUT2D eigenvalue weighted by atomic mass is 15.3. The lowest BCUT2D eigenvalue weighted by molar-refractivity contribution is 0.813. The van der Waals surface area contributed by atoms with Crippen LogP contribution in [0.1, 0.15) is 6.42 Å². The third-order valence-corrected chi connectivity index (χ3v) is 0.507. The average Bonchev–Trinajstić information content (AvgIpc) is 1.76. The molecule has 1 radical (unpaired) electrons. The fraction of sp³-hybridized carbons (Fsp3) is 0.667. The van der Waals surface area contributed by atoms with E-state index < -0.39 is 0 Å². The lowest BCUT2D eigenvalue weighted by atomic mass is 10.5. The van der Waals surface area contributed by atoms with E-state index in [0.29, 0.717) is 0 Å². The molecular formula is C3H5N2. The van der Waals surface area contributed by atoms with Crippen molar-refractivity contribution >= 4 is 6.21 Å². The van der Waals surface area contributed by atoms with Crippen LogP contribution in [0.4, 0.5) is 0 Å². The summed E-state index contributed by atoms with van der Waals surface area (Å²) in [6.45, 7) is 0.972. The van der Waals surface area contributed by atoms with Gasteiger partial charge in [-0.15, -0.1) is 0 Å². The van der Waals surface area contributed by atoms with E-state index in [1.165, 1.54) is 0 Å². The van der Waals surface area contributed by atoms with Gasteiger partial charge in [-0.05, 0) is 0 Å². The number of rotatable bonds is 0. The van der Waals surface area contributed by atoms with Crippen molar-refractivity contribution in [2.75, 3.05) is 6.54 Å². The van der Waals surface area contributed by atoms with Gasteiger partial charge in [0.2, 0.25) is 0 Å². The zero-order valence-corrected chi connectivity index (χ0v) is 2.86. The van der Waals surface area contributed by atoms with E-state index in [4.69, 9.17) is 0 Å². The number of nitrogens with one attached hydrogen (secondary N) is 1. The monoisotopic (exact) mass is 69.0 g/mol. The van der Waals surface area contributed by atoms with Gasteiger partial charge in [-0.3, -0.25) is 0 Å². The van der Waals surface area contributed by atoms with Crippen molar-refractivity contribution in [3.05, 3.63) is 0 Å². The fourth-order valence-electron chi connectivity index (χ4n) is 0.280. The minimum Gasteiger partial charge on any atom is -0.309 e. The highest BCUT2D eigenvalue weighted by molar-refractivity contribution is 5.58. The molecule has 0 aliphatic carbocycles. The maximum atomic E-state index is 3.58. The van der Waals surface area contributed by atoms with Crippen LogP contribution in [0.3, 0.4) is 0 Å². The molecule has 0 saturated heterocycles. The first kappa shape index (κ1) is 2.69. The van der Waals surface area contributed by atoms with Gasteiger partial charge in [0, 0.05) is 13.0 Å². The summed E-state index contributed by atoms with van der Waals surface area (Å²) < 4.78 is 0. The average molecular weight is 69.1 g/mol. The summed E-state index contributed by atoms with van der Waals surface area (Å²) in [5, 5.41) is 3.58. The van der Waals surface area contributed by atoms with Crippen LogP contribution in [0, 0.1) is 0 Å². The molecule has 5 heavy (non-hydrogen) atoms. The lowest BCUT2D eigenvalue weighted by Gasteiger charge is -1.76. The largest absolute Gasteiger partial charge is 0.309 e. The smallest absolute Gasteiger partial charge is 0.0853 e. The van der Waals surface area contributed by atoms with Gasteiger partial charge in [-0.1, -0.05) is 0 Å². The van der Waals surface area contributed by atoms with Crippen molar-refractivity contribution in [3.8, 4) is 0 Å². The van der Waals surface area contributed by atoms with E-state index in [1.54, 1.807) is 0 Å². The van der Waals surface area contributed by atoms with E-state index in [-0.39, 0.29) is 0 Å². The molecule has 1 aliphatic rings. The number of nitrogens with zero attached hydrogens (tertiary/aromatic N) is 1. The molecule has 27 valence electrons. The van der Waals surface area contributed by atoms with E-state index >= 15 is 0 Å². The second-order valence-electron chi connectivity index (χ2n) is 0.928. The van der Waals surface area contributed by atoms with Crippen LogP contribution in [-0.4, -0.2) is 12.8 Å². The van der Waals surface area contributed by atoms with Crippen LogP contribution >= 0.6 is 0 Å². The molecule has 0 unspecified atom stereocenters. The molecule has 0 aromatic rings. The Kier molecular flexibility index (Phi) is 0.571. The first-order valence-corrected chi connectivity index (χ1v) is 1.65. The zero-order valence-electron chi connectivity index (χ0n) is 2.86. The van der Waals surface area contributed by atoms with Gasteiger partial charge in [0.05, 0.1) is 6.21 Å². The van der Waals surface area contributed by atoms with Crippen molar-refractivity contribution < 1.29 is 0 Å². The predicted octanol–water partition coefficient (Wildman–Crippen LogP) is -0.157. The van der Waals surface area contributed by atoms with Gasteiger partial charge in [-0.25, -0.2) is 0 Å². The number of hydrogen-bond acceptors (Lipinski definition) is 2. The van der Waals surface area contributed by atoms with Crippen LogP contribution in [0.2, 0.25) is 0 Å². The Bertz CT molecular complexity index is 42.9. The van der Waals surface area contributed by atoms with Gasteiger partial charge in [-0.2, -0.15) is 5.10 Å². The van der Waals surface area contributed by atoms with E-state index in [1.807, 2.05) is 0 Å². The predicted molar refractivity (Wildman–Crippen MR) is 20.1 cm³/mol. The standard InChI is InChI=1S/C3H5N2/c1-2-4-5-3-1/h4H,1-2H2. The molecule has 2 heteroatoms. The molecular weight excluding hydrogens is 64.0 g/mol. The van der Waals surface area contributed by atoms with Crippen LogP contribution in [0.5, 0.6) is 0 Å². The Balaban J connectivity index is 2.32. The first-order chi connectivity index (χ1) is 2.50. The quantitative estimate of drug-likeness (QED) is 0.420. The Morgan fingerprint density at radius 1 is 1.80 bits per heavy atom.